The fourth-order valence-corrected chi connectivity index (χ4v) is 0. The third kappa shape index (κ3) is 98.5. The summed E-state index contributed by atoms with van der Waals surface area (Å²) in [6.07, 6.45) is 0. The zero-order chi connectivity index (χ0) is 0. The molecule has 0 atom stereocenters. The van der Waals surface area contributed by atoms with Gasteiger partial charge in [0.2, 0.25) is 0 Å². The molecule has 40 valence electrons. The van der Waals surface area contributed by atoms with Crippen LogP contribution in [-0.4, -0.2) is 56.6 Å². The van der Waals surface area contributed by atoms with Crippen molar-refractivity contribution in [2.45, 2.75) is 0 Å². The summed E-state index contributed by atoms with van der Waals surface area (Å²) >= 11 is 0. The van der Waals surface area contributed by atoms with E-state index in [1.54, 1.807) is 0 Å². The molecule has 0 unspecified atom stereocenters. The van der Waals surface area contributed by atoms with Crippen molar-refractivity contribution in [2.24, 2.45) is 0 Å². The zero-order valence-corrected chi connectivity index (χ0v) is 9.14. The van der Waals surface area contributed by atoms with Crippen LogP contribution in [0.25, 0.3) is 0 Å². The van der Waals surface area contributed by atoms with E-state index < -0.39 is 0 Å². The number of hydrogen-bond donors (Lipinski definition) is 0. The summed E-state index contributed by atoms with van der Waals surface area (Å²) in [5.74, 6) is 0. The second-order valence-corrected chi connectivity index (χ2v) is 0. The van der Waals surface area contributed by atoms with Gasteiger partial charge in [-0.1, -0.05) is 0 Å². The van der Waals surface area contributed by atoms with Crippen LogP contribution >= 0.6 is 0 Å². The van der Waals surface area contributed by atoms with Gasteiger partial charge in [0.1, 0.15) is 0 Å². The Labute approximate surface area is 75.9 Å². The van der Waals surface area contributed by atoms with E-state index in [4.69, 9.17) is 0 Å². The van der Waals surface area contributed by atoms with Crippen molar-refractivity contribution in [1.29, 1.82) is 0 Å². The molecule has 7 heteroatoms. The summed E-state index contributed by atoms with van der Waals surface area (Å²) in [7, 11) is 0. The number of rotatable bonds is 0. The molecule has 0 amide bonds. The first kappa shape index (κ1) is 207. The topological polar surface area (TPSA) is 126 Å². The largest absolute Gasteiger partial charge is 0.412 e. The summed E-state index contributed by atoms with van der Waals surface area (Å²) in [6.45, 7) is 0. The Bertz CT molecular complexity index is 9.65. The minimum atomic E-state index is 0. The maximum Gasteiger partial charge on any atom is 0 e. The standard InChI is InChI=1S/2Al.4H2O.Zn/h;;4*1H2;. The molecule has 4 nitrogen and oxygen atoms in total. The van der Waals surface area contributed by atoms with Crippen LogP contribution in [0.15, 0.2) is 0 Å². The van der Waals surface area contributed by atoms with Crippen molar-refractivity contribution in [3.05, 3.63) is 0 Å². The molecule has 0 rings (SSSR count). The van der Waals surface area contributed by atoms with Crippen LogP contribution in [-0.2, 0) is 19.5 Å². The van der Waals surface area contributed by atoms with E-state index in [0.717, 1.165) is 0 Å². The third-order valence-electron chi connectivity index (χ3n) is 0. The molecule has 7 heavy (non-hydrogen) atoms. The minimum absolute atomic E-state index is 0. The SMILES string of the molecule is O.O.O.O.[Al].[Al].[Zn]. The normalized spacial score (nSPS) is 0. The molecule has 0 fully saturated rings. The molecular formula is H8Al2O4Zn. The smallest absolute Gasteiger partial charge is 0 e. The first-order valence-corrected chi connectivity index (χ1v) is 0. The van der Waals surface area contributed by atoms with Crippen LogP contribution in [0.3, 0.4) is 0 Å². The predicted molar refractivity (Wildman–Crippen MR) is 26.0 cm³/mol. The average molecular weight is 191 g/mol. The van der Waals surface area contributed by atoms with Crippen LogP contribution in [0, 0.1) is 0 Å². The van der Waals surface area contributed by atoms with E-state index in [2.05, 4.69) is 0 Å². The van der Waals surface area contributed by atoms with Crippen molar-refractivity contribution in [3.8, 4) is 0 Å². The maximum atomic E-state index is 0. The molecule has 0 aliphatic carbocycles. The van der Waals surface area contributed by atoms with Crippen LogP contribution in [0.5, 0.6) is 0 Å². The quantitative estimate of drug-likeness (QED) is 0.345. The second kappa shape index (κ2) is 137. The fourth-order valence-electron chi connectivity index (χ4n) is 0. The summed E-state index contributed by atoms with van der Waals surface area (Å²) in [5, 5.41) is 0. The summed E-state index contributed by atoms with van der Waals surface area (Å²) < 4.78 is 0. The predicted octanol–water partition coefficient (Wildman–Crippen LogP) is -4.06. The van der Waals surface area contributed by atoms with Crippen molar-refractivity contribution < 1.29 is 41.4 Å². The van der Waals surface area contributed by atoms with E-state index in [-0.39, 0.29) is 76.1 Å². The van der Waals surface area contributed by atoms with Crippen LogP contribution < -0.4 is 0 Å². The van der Waals surface area contributed by atoms with Gasteiger partial charge >= 0.3 is 0 Å². The van der Waals surface area contributed by atoms with E-state index in [9.17, 15) is 0 Å². The van der Waals surface area contributed by atoms with Crippen molar-refractivity contribution in [2.75, 3.05) is 0 Å². The van der Waals surface area contributed by atoms with Gasteiger partial charge in [0.05, 0.1) is 0 Å². The van der Waals surface area contributed by atoms with Gasteiger partial charge in [-0.25, -0.2) is 0 Å². The molecule has 0 bridgehead atoms. The van der Waals surface area contributed by atoms with Crippen molar-refractivity contribution in [3.63, 3.8) is 0 Å². The molecule has 0 spiro atoms. The van der Waals surface area contributed by atoms with Gasteiger partial charge in [-0.05, 0) is 0 Å². The molecule has 0 heterocycles. The van der Waals surface area contributed by atoms with Crippen LogP contribution in [0.4, 0.5) is 0 Å². The van der Waals surface area contributed by atoms with Crippen molar-refractivity contribution in [1.82, 2.24) is 0 Å². The van der Waals surface area contributed by atoms with Gasteiger partial charge in [-0.2, -0.15) is 0 Å². The molecule has 0 saturated carbocycles. The van der Waals surface area contributed by atoms with Gasteiger partial charge in [-0.3, -0.25) is 0 Å². The Hall–Kier alpha value is 1.53. The van der Waals surface area contributed by atoms with Gasteiger partial charge in [0.25, 0.3) is 0 Å². The summed E-state index contributed by atoms with van der Waals surface area (Å²) in [5.41, 5.74) is 0. The average Bonchev–Trinajstić information content (AvgIpc) is 0. The van der Waals surface area contributed by atoms with Gasteiger partial charge in [0.15, 0.2) is 0 Å². The monoisotopic (exact) mass is 190 g/mol. The molecular weight excluding hydrogens is 183 g/mol. The maximum absolute atomic E-state index is 0. The van der Waals surface area contributed by atoms with Gasteiger partial charge in [-0.15, -0.1) is 0 Å². The summed E-state index contributed by atoms with van der Waals surface area (Å²) in [6, 6.07) is 0. The fraction of sp³-hybridized carbons (Fsp3) is 0. The Morgan fingerprint density at radius 2 is 0.429 bits per heavy atom. The van der Waals surface area contributed by atoms with Crippen molar-refractivity contribution >= 4 is 34.7 Å². The Balaban J connectivity index is 0. The van der Waals surface area contributed by atoms with Crippen LogP contribution in [0.2, 0.25) is 0 Å². The second-order valence-electron chi connectivity index (χ2n) is 0. The molecule has 0 aliphatic heterocycles. The van der Waals surface area contributed by atoms with E-state index >= 15 is 0 Å². The minimum Gasteiger partial charge on any atom is -0.412 e. The Morgan fingerprint density at radius 1 is 0.429 bits per heavy atom. The Kier molecular flexibility index (Phi) is 4060. The van der Waals surface area contributed by atoms with Crippen LogP contribution in [0.1, 0.15) is 0 Å². The Morgan fingerprint density at radius 3 is 0.429 bits per heavy atom. The van der Waals surface area contributed by atoms with E-state index in [1.165, 1.54) is 0 Å². The molecule has 0 aromatic heterocycles. The zero-order valence-electron chi connectivity index (χ0n) is 3.86. The molecule has 0 aromatic rings. The van der Waals surface area contributed by atoms with E-state index in [1.807, 2.05) is 0 Å². The summed E-state index contributed by atoms with van der Waals surface area (Å²) in [4.78, 5) is 0. The first-order valence-electron chi connectivity index (χ1n) is 0. The molecule has 0 saturated heterocycles. The molecule has 8 N–H and O–H groups in total. The van der Waals surface area contributed by atoms with E-state index in [0.29, 0.717) is 0 Å². The van der Waals surface area contributed by atoms with Gasteiger partial charge in [0, 0.05) is 54.2 Å². The van der Waals surface area contributed by atoms with Gasteiger partial charge < -0.3 is 21.9 Å². The molecule has 6 radical (unpaired) electrons. The third-order valence-corrected chi connectivity index (χ3v) is 0. The molecule has 0 aromatic carbocycles. The first-order chi connectivity index (χ1) is 0. The number of hydrogen-bond acceptors (Lipinski definition) is 0. The molecule has 0 aliphatic rings.